The third kappa shape index (κ3) is 6.61. The van der Waals surface area contributed by atoms with Crippen molar-refractivity contribution in [2.24, 2.45) is 0 Å². The number of fused-ring (bicyclic) bond motifs is 1. The summed E-state index contributed by atoms with van der Waals surface area (Å²) in [5.41, 5.74) is 4.42. The quantitative estimate of drug-likeness (QED) is 0.197. The van der Waals surface area contributed by atoms with Gasteiger partial charge < -0.3 is 4.74 Å². The van der Waals surface area contributed by atoms with Gasteiger partial charge in [-0.15, -0.1) is 0 Å². The fourth-order valence-electron chi connectivity index (χ4n) is 4.25. The van der Waals surface area contributed by atoms with Gasteiger partial charge in [-0.1, -0.05) is 86.0 Å². The van der Waals surface area contributed by atoms with Gasteiger partial charge in [-0.2, -0.15) is 0 Å². The molecule has 34 heavy (non-hydrogen) atoms. The minimum atomic E-state index is -0.104. The van der Waals surface area contributed by atoms with Crippen LogP contribution in [-0.4, -0.2) is 6.61 Å². The number of aryl methyl sites for hydroxylation is 4. The lowest BCUT2D eigenvalue weighted by atomic mass is 9.97. The number of rotatable bonds is 11. The van der Waals surface area contributed by atoms with Crippen molar-refractivity contribution in [2.45, 2.75) is 51.9 Å². The maximum atomic E-state index is 15.2. The van der Waals surface area contributed by atoms with Gasteiger partial charge in [-0.3, -0.25) is 0 Å². The van der Waals surface area contributed by atoms with Crippen molar-refractivity contribution in [1.82, 2.24) is 0 Å². The summed E-state index contributed by atoms with van der Waals surface area (Å²) >= 11 is 5.96. The number of hydrogen-bond donors (Lipinski definition) is 0. The van der Waals surface area contributed by atoms with Crippen molar-refractivity contribution in [3.8, 4) is 5.75 Å². The molecule has 0 heterocycles. The molecule has 0 radical (unpaired) electrons. The van der Waals surface area contributed by atoms with E-state index >= 15 is 4.39 Å². The van der Waals surface area contributed by atoms with Crippen molar-refractivity contribution in [3.63, 3.8) is 0 Å². The molecule has 0 spiro atoms. The van der Waals surface area contributed by atoms with Gasteiger partial charge in [0.2, 0.25) is 0 Å². The van der Waals surface area contributed by atoms with Crippen molar-refractivity contribution in [2.75, 3.05) is 6.61 Å². The van der Waals surface area contributed by atoms with E-state index in [1.165, 1.54) is 24.0 Å². The van der Waals surface area contributed by atoms with E-state index in [0.29, 0.717) is 11.8 Å². The monoisotopic (exact) mass is 474 g/mol. The Morgan fingerprint density at radius 3 is 2.09 bits per heavy atom. The average molecular weight is 475 g/mol. The van der Waals surface area contributed by atoms with Crippen LogP contribution >= 0.6 is 11.6 Å². The molecule has 4 aromatic rings. The van der Waals surface area contributed by atoms with Crippen LogP contribution in [0.5, 0.6) is 5.75 Å². The normalized spacial score (nSPS) is 11.1. The third-order valence-electron chi connectivity index (χ3n) is 6.34. The van der Waals surface area contributed by atoms with E-state index in [9.17, 15) is 0 Å². The maximum absolute atomic E-state index is 15.2. The zero-order valence-electron chi connectivity index (χ0n) is 19.8. The highest BCUT2D eigenvalue weighted by atomic mass is 35.5. The van der Waals surface area contributed by atoms with Gasteiger partial charge in [-0.05, 0) is 84.0 Å². The Morgan fingerprint density at radius 2 is 1.35 bits per heavy atom. The zero-order valence-corrected chi connectivity index (χ0v) is 20.6. The largest absolute Gasteiger partial charge is 0.494 e. The minimum absolute atomic E-state index is 0.104. The zero-order chi connectivity index (χ0) is 23.8. The van der Waals surface area contributed by atoms with E-state index < -0.39 is 0 Å². The first-order valence-corrected chi connectivity index (χ1v) is 12.7. The van der Waals surface area contributed by atoms with Crippen LogP contribution in [0.1, 0.15) is 48.4 Å². The molecule has 0 unspecified atom stereocenters. The lowest BCUT2D eigenvalue weighted by Crippen LogP contribution is -1.98. The van der Waals surface area contributed by atoms with Gasteiger partial charge in [-0.25, -0.2) is 4.39 Å². The number of halogens is 2. The summed E-state index contributed by atoms with van der Waals surface area (Å²) in [6, 6.07) is 26.2. The number of ether oxygens (including phenoxy) is 1. The van der Waals surface area contributed by atoms with Crippen LogP contribution in [0.2, 0.25) is 5.02 Å². The molecule has 4 rings (SSSR count). The second-order valence-electron chi connectivity index (χ2n) is 8.92. The molecule has 1 nitrogen and oxygen atoms in total. The highest BCUT2D eigenvalue weighted by Gasteiger charge is 2.09. The average Bonchev–Trinajstić information content (AvgIpc) is 2.87. The summed E-state index contributed by atoms with van der Waals surface area (Å²) in [6.07, 6.45) is 6.85. The van der Waals surface area contributed by atoms with E-state index in [-0.39, 0.29) is 5.82 Å². The summed E-state index contributed by atoms with van der Waals surface area (Å²) in [5.74, 6) is 0.834. The fourth-order valence-corrected chi connectivity index (χ4v) is 4.37. The lowest BCUT2D eigenvalue weighted by Gasteiger charge is -2.10. The van der Waals surface area contributed by atoms with Crippen LogP contribution in [0.25, 0.3) is 10.8 Å². The Labute approximate surface area is 207 Å². The van der Waals surface area contributed by atoms with Crippen LogP contribution < -0.4 is 4.74 Å². The van der Waals surface area contributed by atoms with E-state index in [4.69, 9.17) is 16.3 Å². The fraction of sp³-hybridized carbons (Fsp3) is 0.290. The first kappa shape index (κ1) is 24.3. The second kappa shape index (κ2) is 12.0. The van der Waals surface area contributed by atoms with E-state index in [2.05, 4.69) is 43.3 Å². The first-order valence-electron chi connectivity index (χ1n) is 12.3. The third-order valence-corrected chi connectivity index (χ3v) is 6.59. The second-order valence-corrected chi connectivity index (χ2v) is 9.36. The summed E-state index contributed by atoms with van der Waals surface area (Å²) < 4.78 is 21.0. The minimum Gasteiger partial charge on any atom is -0.494 e. The molecule has 0 aliphatic carbocycles. The summed E-state index contributed by atoms with van der Waals surface area (Å²) in [7, 11) is 0. The van der Waals surface area contributed by atoms with Crippen molar-refractivity contribution < 1.29 is 9.13 Å². The molecule has 0 amide bonds. The van der Waals surface area contributed by atoms with Crippen LogP contribution in [-0.2, 0) is 25.7 Å². The molecule has 4 aromatic carbocycles. The summed E-state index contributed by atoms with van der Waals surface area (Å²) in [4.78, 5) is 0. The van der Waals surface area contributed by atoms with E-state index in [1.54, 1.807) is 0 Å². The molecule has 0 saturated heterocycles. The molecule has 0 bridgehead atoms. The number of hydrogen-bond acceptors (Lipinski definition) is 1. The Morgan fingerprint density at radius 1 is 0.706 bits per heavy atom. The van der Waals surface area contributed by atoms with Crippen molar-refractivity contribution in [3.05, 3.63) is 112 Å². The predicted octanol–water partition coefficient (Wildman–Crippen LogP) is 8.77. The smallest absolute Gasteiger partial charge is 0.134 e. The van der Waals surface area contributed by atoms with Crippen LogP contribution in [0, 0.1) is 5.82 Å². The van der Waals surface area contributed by atoms with Gasteiger partial charge in [0, 0.05) is 10.4 Å². The van der Waals surface area contributed by atoms with Gasteiger partial charge in [0.15, 0.2) is 0 Å². The molecular formula is C31H32ClFO. The summed E-state index contributed by atoms with van der Waals surface area (Å²) in [6.45, 7) is 2.98. The highest BCUT2D eigenvalue weighted by Crippen LogP contribution is 2.25. The molecule has 0 aromatic heterocycles. The van der Waals surface area contributed by atoms with Crippen LogP contribution in [0.4, 0.5) is 4.39 Å². The Kier molecular flexibility index (Phi) is 8.60. The number of benzene rings is 4. The van der Waals surface area contributed by atoms with Gasteiger partial charge in [0.25, 0.3) is 0 Å². The van der Waals surface area contributed by atoms with Crippen LogP contribution in [0.3, 0.4) is 0 Å². The topological polar surface area (TPSA) is 9.23 Å². The SMILES string of the molecule is CCCCCOc1ccc(CCc2ccc3c(F)c(CCc4ccc(Cl)cc4)ccc3c2)cc1. The van der Waals surface area contributed by atoms with Gasteiger partial charge in [0.1, 0.15) is 11.6 Å². The highest BCUT2D eigenvalue weighted by molar-refractivity contribution is 6.30. The molecule has 176 valence electrons. The standard InChI is InChI=1S/C31H32ClFO/c1-2-3-4-21-34-29-18-10-23(11-19-29)5-6-25-12-20-30-27(22-25)15-14-26(31(30)33)13-7-24-8-16-28(32)17-9-24/h8-12,14-20,22H,2-7,13,21H2,1H3. The van der Waals surface area contributed by atoms with Gasteiger partial charge >= 0.3 is 0 Å². The molecule has 0 fully saturated rings. The van der Waals surface area contributed by atoms with E-state index in [1.807, 2.05) is 42.5 Å². The molecule has 0 saturated carbocycles. The first-order chi connectivity index (χ1) is 16.6. The Balaban J connectivity index is 1.35. The predicted molar refractivity (Wildman–Crippen MR) is 142 cm³/mol. The Bertz CT molecular complexity index is 1200. The molecular weight excluding hydrogens is 443 g/mol. The molecule has 0 aliphatic rings. The molecule has 0 N–H and O–H groups in total. The number of unbranched alkanes of at least 4 members (excludes halogenated alkanes) is 2. The van der Waals surface area contributed by atoms with Crippen molar-refractivity contribution >= 4 is 22.4 Å². The maximum Gasteiger partial charge on any atom is 0.134 e. The van der Waals surface area contributed by atoms with Crippen LogP contribution in [0.15, 0.2) is 78.9 Å². The molecule has 3 heteroatoms. The molecule has 0 aliphatic heterocycles. The lowest BCUT2D eigenvalue weighted by molar-refractivity contribution is 0.306. The van der Waals surface area contributed by atoms with E-state index in [0.717, 1.165) is 59.6 Å². The van der Waals surface area contributed by atoms with Gasteiger partial charge in [0.05, 0.1) is 6.61 Å². The van der Waals surface area contributed by atoms with Crippen molar-refractivity contribution in [1.29, 1.82) is 0 Å². The molecule has 0 atom stereocenters. The summed E-state index contributed by atoms with van der Waals surface area (Å²) in [5, 5.41) is 2.38. The Hall–Kier alpha value is -2.84.